The van der Waals surface area contributed by atoms with Crippen molar-refractivity contribution in [3.05, 3.63) is 119 Å². The highest BCUT2D eigenvalue weighted by atomic mass is 32.1. The summed E-state index contributed by atoms with van der Waals surface area (Å²) in [5.41, 5.74) is 1.36. The number of nitrogens with zero attached hydrogens (tertiary/aromatic N) is 3. The number of benzene rings is 3. The average molecular weight is 587 g/mol. The summed E-state index contributed by atoms with van der Waals surface area (Å²) >= 11 is 1.07. The first-order valence-electron chi connectivity index (χ1n) is 12.7. The first-order valence-corrected chi connectivity index (χ1v) is 13.5. The number of nitrogens with one attached hydrogen (secondary N) is 1. The standard InChI is InChI=1S/C30H26N4O7S/c1-17-26(28(35)32-20-10-6-5-7-11-20)27(18-9-8-12-21(13-18)39-2)33-29(36)25(42-30(33)31-17)15-19-14-23(40-3)24(41-4)16-22(19)34(37)38/h5-16,27H,1-4H3,(H,32,35)/b25-15-/t27-/m1/s1. The van der Waals surface area contributed by atoms with E-state index in [9.17, 15) is 19.7 Å². The molecule has 4 aromatic rings. The number of methoxy groups -OCH3 is 3. The summed E-state index contributed by atoms with van der Waals surface area (Å²) < 4.78 is 17.6. The minimum Gasteiger partial charge on any atom is -0.497 e. The molecule has 12 heteroatoms. The van der Waals surface area contributed by atoms with Gasteiger partial charge in [-0.3, -0.25) is 24.3 Å². The highest BCUT2D eigenvalue weighted by molar-refractivity contribution is 7.07. The van der Waals surface area contributed by atoms with Gasteiger partial charge in [-0.25, -0.2) is 4.99 Å². The topological polar surface area (TPSA) is 134 Å². The highest BCUT2D eigenvalue weighted by Crippen LogP contribution is 2.35. The second-order valence-electron chi connectivity index (χ2n) is 9.20. The molecule has 0 unspecified atom stereocenters. The number of para-hydroxylation sites is 1. The molecule has 1 aliphatic heterocycles. The lowest BCUT2D eigenvalue weighted by Gasteiger charge is -2.25. The fourth-order valence-electron chi connectivity index (χ4n) is 4.76. The third-order valence-corrected chi connectivity index (χ3v) is 7.71. The average Bonchev–Trinajstić information content (AvgIpc) is 3.30. The smallest absolute Gasteiger partial charge is 0.280 e. The fourth-order valence-corrected chi connectivity index (χ4v) is 5.80. The first kappa shape index (κ1) is 28.3. The van der Waals surface area contributed by atoms with Crippen molar-refractivity contribution in [2.45, 2.75) is 13.0 Å². The SMILES string of the molecule is COc1cccc([C@@H]2C(C(=O)Nc3ccccc3)=C(C)N=c3s/c(=C\c4cc(OC)c(OC)cc4[N+](=O)[O-])c(=O)n32)c1. The Kier molecular flexibility index (Phi) is 7.89. The Morgan fingerprint density at radius 2 is 1.74 bits per heavy atom. The molecule has 1 aliphatic rings. The zero-order chi connectivity index (χ0) is 30.0. The number of thiazole rings is 1. The van der Waals surface area contributed by atoms with Crippen LogP contribution in [0.5, 0.6) is 17.2 Å². The van der Waals surface area contributed by atoms with E-state index < -0.39 is 22.4 Å². The monoisotopic (exact) mass is 586 g/mol. The lowest BCUT2D eigenvalue weighted by Crippen LogP contribution is -2.40. The van der Waals surface area contributed by atoms with Gasteiger partial charge >= 0.3 is 0 Å². The Morgan fingerprint density at radius 3 is 2.40 bits per heavy atom. The zero-order valence-corrected chi connectivity index (χ0v) is 23.9. The van der Waals surface area contributed by atoms with Crippen LogP contribution >= 0.6 is 11.3 Å². The van der Waals surface area contributed by atoms with Crippen molar-refractivity contribution in [3.8, 4) is 17.2 Å². The minimum absolute atomic E-state index is 0.151. The molecule has 3 aromatic carbocycles. The van der Waals surface area contributed by atoms with Gasteiger partial charge in [0.25, 0.3) is 17.2 Å². The van der Waals surface area contributed by atoms with Gasteiger partial charge in [0.15, 0.2) is 16.3 Å². The number of rotatable bonds is 8. The normalized spacial score (nSPS) is 14.6. The van der Waals surface area contributed by atoms with Crippen molar-refractivity contribution >= 4 is 34.7 Å². The number of fused-ring (bicyclic) bond motifs is 1. The molecular weight excluding hydrogens is 560 g/mol. The predicted octanol–water partition coefficient (Wildman–Crippen LogP) is 3.81. The molecule has 1 atom stereocenters. The van der Waals surface area contributed by atoms with Crippen molar-refractivity contribution in [1.82, 2.24) is 4.57 Å². The Bertz CT molecular complexity index is 1910. The van der Waals surface area contributed by atoms with Gasteiger partial charge in [-0.1, -0.05) is 41.7 Å². The maximum atomic E-state index is 14.0. The number of hydrogen-bond acceptors (Lipinski definition) is 9. The molecule has 0 saturated heterocycles. The van der Waals surface area contributed by atoms with Crippen LogP contribution < -0.4 is 34.4 Å². The van der Waals surface area contributed by atoms with Crippen LogP contribution in [0.25, 0.3) is 6.08 Å². The number of ether oxygens (including phenoxy) is 3. The minimum atomic E-state index is -0.845. The number of allylic oxidation sites excluding steroid dienone is 1. The van der Waals surface area contributed by atoms with Crippen molar-refractivity contribution in [1.29, 1.82) is 0 Å². The number of hydrogen-bond donors (Lipinski definition) is 1. The summed E-state index contributed by atoms with van der Waals surface area (Å²) in [6.45, 7) is 1.71. The van der Waals surface area contributed by atoms with Gasteiger partial charge in [0.2, 0.25) is 0 Å². The zero-order valence-electron chi connectivity index (χ0n) is 23.1. The molecule has 1 aromatic heterocycles. The van der Waals surface area contributed by atoms with Crippen LogP contribution in [-0.4, -0.2) is 36.7 Å². The third kappa shape index (κ3) is 5.27. The Labute approximate surface area is 243 Å². The second kappa shape index (κ2) is 11.7. The molecule has 214 valence electrons. The maximum absolute atomic E-state index is 14.0. The van der Waals surface area contributed by atoms with E-state index in [0.29, 0.717) is 27.5 Å². The van der Waals surface area contributed by atoms with Gasteiger partial charge in [-0.2, -0.15) is 0 Å². The molecule has 0 spiro atoms. The molecule has 0 bridgehead atoms. The Morgan fingerprint density at radius 1 is 1.02 bits per heavy atom. The summed E-state index contributed by atoms with van der Waals surface area (Å²) in [5, 5.41) is 14.8. The van der Waals surface area contributed by atoms with Crippen LogP contribution in [0.3, 0.4) is 0 Å². The van der Waals surface area contributed by atoms with E-state index in [4.69, 9.17) is 14.2 Å². The molecule has 42 heavy (non-hydrogen) atoms. The van der Waals surface area contributed by atoms with Crippen LogP contribution in [0, 0.1) is 10.1 Å². The summed E-state index contributed by atoms with van der Waals surface area (Å²) in [5.74, 6) is 0.589. The number of carbonyl (C=O) groups excluding carboxylic acids is 1. The predicted molar refractivity (Wildman–Crippen MR) is 158 cm³/mol. The molecule has 11 nitrogen and oxygen atoms in total. The number of carbonyl (C=O) groups is 1. The molecule has 0 saturated carbocycles. The quantitative estimate of drug-likeness (QED) is 0.245. The molecular formula is C30H26N4O7S. The van der Waals surface area contributed by atoms with Crippen molar-refractivity contribution in [2.75, 3.05) is 26.6 Å². The van der Waals surface area contributed by atoms with Crippen LogP contribution in [0.15, 0.2) is 87.8 Å². The van der Waals surface area contributed by atoms with Crippen molar-refractivity contribution < 1.29 is 23.9 Å². The number of anilines is 1. The van der Waals surface area contributed by atoms with E-state index in [1.807, 2.05) is 6.07 Å². The molecule has 1 amide bonds. The largest absolute Gasteiger partial charge is 0.497 e. The third-order valence-electron chi connectivity index (χ3n) is 6.72. The maximum Gasteiger partial charge on any atom is 0.280 e. The Balaban J connectivity index is 1.72. The van der Waals surface area contributed by atoms with Crippen molar-refractivity contribution in [2.24, 2.45) is 4.99 Å². The second-order valence-corrected chi connectivity index (χ2v) is 10.2. The summed E-state index contributed by atoms with van der Waals surface area (Å²) in [6.07, 6.45) is 1.43. The molecule has 0 fully saturated rings. The van der Waals surface area contributed by atoms with Gasteiger partial charge in [-0.15, -0.1) is 0 Å². The van der Waals surface area contributed by atoms with E-state index in [-0.39, 0.29) is 32.9 Å². The van der Waals surface area contributed by atoms with Gasteiger partial charge in [-0.05, 0) is 48.9 Å². The fraction of sp³-hybridized carbons (Fsp3) is 0.167. The van der Waals surface area contributed by atoms with Crippen LogP contribution in [0.1, 0.15) is 24.1 Å². The Hall–Kier alpha value is -5.23. The molecule has 2 heterocycles. The van der Waals surface area contributed by atoms with Gasteiger partial charge in [0.1, 0.15) is 5.75 Å². The summed E-state index contributed by atoms with van der Waals surface area (Å²) in [4.78, 5) is 44.0. The molecule has 0 aliphatic carbocycles. The molecule has 0 radical (unpaired) electrons. The van der Waals surface area contributed by atoms with Crippen LogP contribution in [0.2, 0.25) is 0 Å². The van der Waals surface area contributed by atoms with E-state index in [1.54, 1.807) is 55.5 Å². The van der Waals surface area contributed by atoms with E-state index in [1.165, 1.54) is 44.1 Å². The number of nitro benzene ring substituents is 1. The lowest BCUT2D eigenvalue weighted by atomic mass is 9.95. The van der Waals surface area contributed by atoms with E-state index in [2.05, 4.69) is 10.3 Å². The number of amides is 1. The summed E-state index contributed by atoms with van der Waals surface area (Å²) in [6, 6.07) is 17.9. The number of aromatic nitrogens is 1. The van der Waals surface area contributed by atoms with Crippen LogP contribution in [0.4, 0.5) is 11.4 Å². The van der Waals surface area contributed by atoms with Gasteiger partial charge in [0.05, 0.1) is 59.7 Å². The van der Waals surface area contributed by atoms with Gasteiger partial charge < -0.3 is 19.5 Å². The highest BCUT2D eigenvalue weighted by Gasteiger charge is 2.33. The van der Waals surface area contributed by atoms with Gasteiger partial charge in [0, 0.05) is 5.69 Å². The van der Waals surface area contributed by atoms with E-state index >= 15 is 0 Å². The van der Waals surface area contributed by atoms with E-state index in [0.717, 1.165) is 11.3 Å². The first-order chi connectivity index (χ1) is 20.2. The molecule has 1 N–H and O–H groups in total. The van der Waals surface area contributed by atoms with Crippen molar-refractivity contribution in [3.63, 3.8) is 0 Å². The number of nitro groups is 1. The lowest BCUT2D eigenvalue weighted by molar-refractivity contribution is -0.385. The van der Waals surface area contributed by atoms with Crippen LogP contribution in [-0.2, 0) is 4.79 Å². The molecule has 5 rings (SSSR count). The summed E-state index contributed by atoms with van der Waals surface area (Å²) in [7, 11) is 4.33.